The maximum atomic E-state index is 12.1. The molecule has 426 valence electrons. The molecular weight excluding hydrogens is 977 g/mol. The van der Waals surface area contributed by atoms with Gasteiger partial charge in [0, 0.05) is 19.4 Å². The molecule has 0 spiro atoms. The molecule has 0 bridgehead atoms. The third kappa shape index (κ3) is 10.1. The molecule has 0 aromatic carbocycles. The molecule has 4 aliphatic carbocycles. The Kier molecular flexibility index (Phi) is 17.4. The minimum atomic E-state index is -1.74. The molecule has 74 heavy (non-hydrogen) atoms. The van der Waals surface area contributed by atoms with Crippen LogP contribution in [0.15, 0.2) is 11.6 Å². The van der Waals surface area contributed by atoms with E-state index in [1.807, 2.05) is 6.92 Å². The zero-order valence-corrected chi connectivity index (χ0v) is 43.7. The van der Waals surface area contributed by atoms with E-state index < -0.39 is 148 Å². The average Bonchev–Trinajstić information content (AvgIpc) is 3.84. The Morgan fingerprint density at radius 2 is 1.24 bits per heavy atom. The van der Waals surface area contributed by atoms with Crippen LogP contribution >= 0.6 is 0 Å². The fourth-order valence-electron chi connectivity index (χ4n) is 15.3. The zero-order valence-electron chi connectivity index (χ0n) is 43.7. The van der Waals surface area contributed by atoms with Gasteiger partial charge in [0.1, 0.15) is 85.5 Å². The quantitative estimate of drug-likeness (QED) is 0.0846. The molecule has 9 aliphatic rings. The lowest BCUT2D eigenvalue weighted by Crippen LogP contribution is -2.66. The van der Waals surface area contributed by atoms with Crippen molar-refractivity contribution in [3.05, 3.63) is 11.6 Å². The number of fused-ring (bicyclic) bond motifs is 7. The van der Waals surface area contributed by atoms with E-state index in [1.165, 1.54) is 19.4 Å². The van der Waals surface area contributed by atoms with Gasteiger partial charge < -0.3 is 109 Å². The second-order valence-corrected chi connectivity index (χ2v) is 24.0. The van der Waals surface area contributed by atoms with E-state index in [-0.39, 0.29) is 41.3 Å². The molecule has 31 atom stereocenters. The third-order valence-corrected chi connectivity index (χ3v) is 19.8. The standard InChI is InChI=1S/C52H86O22/c1-21(20-66-46-40(61)39(60)36(57)31(18-53)70-46)10-15-52(65-7)22(2)33-30(74-52)17-29-27-9-8-25-16-26(11-13-50(25,5)28(27)12-14-51(29,33)6)69-49-45(73-48-42(63)38(59)35(56)24(4)68-48)43(64)44(32(19-54)71-49)72-47-41(62)37(58)34(55)23(3)67-47/h8,21-24,26-49,53-64H,9-20H2,1-7H3/t21-,22+,23+,24+,26+,27-,28+,29+,30+,31-,32-,33+,34+,35+,36-,37-,38-,39+,40-,41-,42-,43+,44-,45-,46-,47+,48+,49-,50+,51+,52?/m1/s1. The zero-order chi connectivity index (χ0) is 53.5. The van der Waals surface area contributed by atoms with Gasteiger partial charge in [-0.3, -0.25) is 0 Å². The number of hydrogen-bond acceptors (Lipinski definition) is 22. The molecular formula is C52H86O22. The van der Waals surface area contributed by atoms with Crippen molar-refractivity contribution in [2.75, 3.05) is 26.9 Å². The molecule has 5 heterocycles. The van der Waals surface area contributed by atoms with Gasteiger partial charge in [-0.15, -0.1) is 0 Å². The highest BCUT2D eigenvalue weighted by atomic mass is 16.8. The van der Waals surface area contributed by atoms with Crippen LogP contribution in [0.25, 0.3) is 0 Å². The number of aliphatic hydroxyl groups excluding tert-OH is 12. The molecule has 5 saturated heterocycles. The van der Waals surface area contributed by atoms with Gasteiger partial charge in [0.05, 0.1) is 44.2 Å². The minimum absolute atomic E-state index is 0.00465. The van der Waals surface area contributed by atoms with E-state index in [1.54, 1.807) is 7.11 Å². The van der Waals surface area contributed by atoms with Crippen LogP contribution in [-0.2, 0) is 47.4 Å². The lowest BCUT2D eigenvalue weighted by molar-refractivity contribution is -0.388. The molecule has 5 aliphatic heterocycles. The number of allylic oxidation sites excluding steroid dienone is 1. The molecule has 22 nitrogen and oxygen atoms in total. The molecule has 22 heteroatoms. The number of aliphatic hydroxyl groups is 12. The first-order valence-electron chi connectivity index (χ1n) is 27.2. The maximum absolute atomic E-state index is 12.1. The molecule has 9 rings (SSSR count). The normalized spacial score (nSPS) is 54.9. The molecule has 3 saturated carbocycles. The predicted octanol–water partition coefficient (Wildman–Crippen LogP) is -1.33. The highest BCUT2D eigenvalue weighted by molar-refractivity contribution is 5.26. The summed E-state index contributed by atoms with van der Waals surface area (Å²) >= 11 is 0. The summed E-state index contributed by atoms with van der Waals surface area (Å²) in [4.78, 5) is 0. The summed E-state index contributed by atoms with van der Waals surface area (Å²) in [5.74, 6) is 0.884. The van der Waals surface area contributed by atoms with E-state index in [0.717, 1.165) is 32.1 Å². The Balaban J connectivity index is 0.854. The van der Waals surface area contributed by atoms with Crippen molar-refractivity contribution < 1.29 is 109 Å². The first-order chi connectivity index (χ1) is 35.0. The maximum Gasteiger partial charge on any atom is 0.187 e. The van der Waals surface area contributed by atoms with Gasteiger partial charge in [0.15, 0.2) is 30.9 Å². The van der Waals surface area contributed by atoms with E-state index in [9.17, 15) is 61.3 Å². The van der Waals surface area contributed by atoms with Crippen molar-refractivity contribution in [3.63, 3.8) is 0 Å². The summed E-state index contributed by atoms with van der Waals surface area (Å²) in [6, 6.07) is 0. The van der Waals surface area contributed by atoms with Gasteiger partial charge in [-0.1, -0.05) is 39.3 Å². The minimum Gasteiger partial charge on any atom is -0.394 e. The fourth-order valence-corrected chi connectivity index (χ4v) is 15.3. The summed E-state index contributed by atoms with van der Waals surface area (Å²) in [6.07, 6.45) is -19.4. The Bertz CT molecular complexity index is 1920. The number of methoxy groups -OCH3 is 1. The van der Waals surface area contributed by atoms with Crippen LogP contribution in [-0.4, -0.2) is 229 Å². The van der Waals surface area contributed by atoms with Crippen molar-refractivity contribution in [2.45, 2.75) is 240 Å². The summed E-state index contributed by atoms with van der Waals surface area (Å²) in [5, 5.41) is 127. The summed E-state index contributed by atoms with van der Waals surface area (Å²) in [5.41, 5.74) is 1.19. The second kappa shape index (κ2) is 22.4. The van der Waals surface area contributed by atoms with Crippen molar-refractivity contribution in [3.8, 4) is 0 Å². The molecule has 0 radical (unpaired) electrons. The smallest absolute Gasteiger partial charge is 0.187 e. The van der Waals surface area contributed by atoms with Crippen LogP contribution in [0.3, 0.4) is 0 Å². The van der Waals surface area contributed by atoms with Gasteiger partial charge >= 0.3 is 0 Å². The molecule has 0 aromatic heterocycles. The van der Waals surface area contributed by atoms with Crippen LogP contribution in [0.4, 0.5) is 0 Å². The Morgan fingerprint density at radius 1 is 0.649 bits per heavy atom. The van der Waals surface area contributed by atoms with Crippen molar-refractivity contribution >= 4 is 0 Å². The first kappa shape index (κ1) is 57.5. The van der Waals surface area contributed by atoms with E-state index in [0.29, 0.717) is 43.4 Å². The van der Waals surface area contributed by atoms with Gasteiger partial charge in [-0.25, -0.2) is 0 Å². The van der Waals surface area contributed by atoms with Gasteiger partial charge in [-0.2, -0.15) is 0 Å². The van der Waals surface area contributed by atoms with E-state index in [4.69, 9.17) is 47.4 Å². The van der Waals surface area contributed by atoms with Crippen LogP contribution in [0.2, 0.25) is 0 Å². The van der Waals surface area contributed by atoms with Crippen LogP contribution in [0.1, 0.15) is 99.3 Å². The lowest BCUT2D eigenvalue weighted by Gasteiger charge is -2.58. The van der Waals surface area contributed by atoms with Crippen molar-refractivity contribution in [2.24, 2.45) is 46.3 Å². The Labute approximate surface area is 432 Å². The lowest BCUT2D eigenvalue weighted by atomic mass is 9.47. The molecule has 12 N–H and O–H groups in total. The summed E-state index contributed by atoms with van der Waals surface area (Å²) in [7, 11) is 1.72. The van der Waals surface area contributed by atoms with Crippen LogP contribution in [0.5, 0.6) is 0 Å². The SMILES string of the molecule is COC1(CC[C@@H](C)CO[C@@H]2O[C@H](CO)[C@@H](O)[C@H](O)[C@H]2O)O[C@H]2C[C@H]3[C@@H]4CC=C5C[C@@H](O[C@@H]6O[C@H](CO)[C@@H](O[C@@H]7O[C@@H](C)[C@H](O)[C@@H](O)[C@H]7O)[C@H](O)[C@H]6O[C@@H]6O[C@@H](C)[C@H](O)[C@@H](O)[C@H]6O)CC[C@]5(C)[C@H]4CC[C@]3(C)[C@H]2[C@@H]1C. The number of rotatable bonds is 15. The topological polar surface area (TPSA) is 335 Å². The summed E-state index contributed by atoms with van der Waals surface area (Å²) in [6.45, 7) is 11.1. The van der Waals surface area contributed by atoms with E-state index in [2.05, 4.69) is 26.8 Å². The fraction of sp³-hybridized carbons (Fsp3) is 0.962. The first-order valence-corrected chi connectivity index (χ1v) is 27.2. The number of hydrogen-bond donors (Lipinski definition) is 12. The van der Waals surface area contributed by atoms with Gasteiger partial charge in [0.2, 0.25) is 0 Å². The highest BCUT2D eigenvalue weighted by Gasteiger charge is 2.68. The van der Waals surface area contributed by atoms with Crippen molar-refractivity contribution in [1.82, 2.24) is 0 Å². The van der Waals surface area contributed by atoms with Crippen molar-refractivity contribution in [1.29, 1.82) is 0 Å². The molecule has 8 fully saturated rings. The van der Waals surface area contributed by atoms with Crippen LogP contribution in [0, 0.1) is 46.3 Å². The molecule has 1 unspecified atom stereocenters. The Hall–Kier alpha value is -1.14. The molecule has 0 amide bonds. The van der Waals surface area contributed by atoms with Gasteiger partial charge in [-0.05, 0) is 106 Å². The summed E-state index contributed by atoms with van der Waals surface area (Å²) < 4.78 is 61.5. The average molecular weight is 1060 g/mol. The highest BCUT2D eigenvalue weighted by Crippen LogP contribution is 2.70. The predicted molar refractivity (Wildman–Crippen MR) is 254 cm³/mol. The van der Waals surface area contributed by atoms with Crippen LogP contribution < -0.4 is 0 Å². The van der Waals surface area contributed by atoms with E-state index >= 15 is 0 Å². The third-order valence-electron chi connectivity index (χ3n) is 19.8. The Morgan fingerprint density at radius 3 is 1.86 bits per heavy atom. The van der Waals surface area contributed by atoms with Gasteiger partial charge in [0.25, 0.3) is 0 Å². The largest absolute Gasteiger partial charge is 0.394 e. The number of ether oxygens (including phenoxy) is 10. The molecule has 0 aromatic rings. The second-order valence-electron chi connectivity index (χ2n) is 24.0. The monoisotopic (exact) mass is 1060 g/mol.